The summed E-state index contributed by atoms with van der Waals surface area (Å²) in [6.45, 7) is 4.05. The number of para-hydroxylation sites is 1. The average molecular weight is 303 g/mol. The summed E-state index contributed by atoms with van der Waals surface area (Å²) < 4.78 is 5.86. The molecule has 0 atom stereocenters. The number of thiazole rings is 1. The van der Waals surface area contributed by atoms with Crippen LogP contribution in [-0.4, -0.2) is 29.6 Å². The normalized spacial score (nSPS) is 17.0. The Labute approximate surface area is 129 Å². The highest BCUT2D eigenvalue weighted by atomic mass is 32.1. The molecule has 1 aliphatic rings. The molecule has 0 unspecified atom stereocenters. The Morgan fingerprint density at radius 3 is 2.67 bits per heavy atom. The van der Waals surface area contributed by atoms with Gasteiger partial charge in [0.15, 0.2) is 5.13 Å². The first-order valence-electron chi connectivity index (χ1n) is 7.40. The molecule has 0 spiro atoms. The summed E-state index contributed by atoms with van der Waals surface area (Å²) in [5.74, 6) is 1.63. The van der Waals surface area contributed by atoms with Crippen LogP contribution < -0.4 is 10.5 Å². The van der Waals surface area contributed by atoms with Gasteiger partial charge in [0.05, 0.1) is 6.61 Å². The lowest BCUT2D eigenvalue weighted by molar-refractivity contribution is 0.137. The first-order chi connectivity index (χ1) is 10.3. The van der Waals surface area contributed by atoms with Crippen LogP contribution in [0.5, 0.6) is 5.75 Å². The molecule has 2 heterocycles. The second-order valence-corrected chi connectivity index (χ2v) is 6.66. The van der Waals surface area contributed by atoms with Crippen LogP contribution in [0.25, 0.3) is 0 Å². The minimum Gasteiger partial charge on any atom is -0.493 e. The number of aromatic nitrogens is 1. The maximum Gasteiger partial charge on any atom is 0.180 e. The number of ether oxygens (including phenoxy) is 1. The van der Waals surface area contributed by atoms with Crippen molar-refractivity contribution < 1.29 is 4.74 Å². The SMILES string of the molecule is Nc1ncc(CN2CCC(COc3ccccc3)CC2)s1. The van der Waals surface area contributed by atoms with E-state index >= 15 is 0 Å². The monoisotopic (exact) mass is 303 g/mol. The molecule has 1 aromatic heterocycles. The van der Waals surface area contributed by atoms with E-state index in [0.29, 0.717) is 11.0 Å². The molecule has 112 valence electrons. The van der Waals surface area contributed by atoms with Crippen LogP contribution in [0, 0.1) is 5.92 Å². The van der Waals surface area contributed by atoms with E-state index in [1.807, 2.05) is 36.5 Å². The number of nitrogens with two attached hydrogens (primary N) is 1. The van der Waals surface area contributed by atoms with Gasteiger partial charge in [-0.25, -0.2) is 4.98 Å². The largest absolute Gasteiger partial charge is 0.493 e. The molecule has 0 bridgehead atoms. The van der Waals surface area contributed by atoms with E-state index in [0.717, 1.165) is 32.0 Å². The highest BCUT2D eigenvalue weighted by molar-refractivity contribution is 7.15. The number of hydrogen-bond acceptors (Lipinski definition) is 5. The number of anilines is 1. The molecular formula is C16H21N3OS. The van der Waals surface area contributed by atoms with E-state index in [4.69, 9.17) is 10.5 Å². The molecule has 21 heavy (non-hydrogen) atoms. The second kappa shape index (κ2) is 6.91. The number of likely N-dealkylation sites (tertiary alicyclic amines) is 1. The fourth-order valence-corrected chi connectivity index (χ4v) is 3.38. The van der Waals surface area contributed by atoms with Gasteiger partial charge in [0.2, 0.25) is 0 Å². The Morgan fingerprint density at radius 1 is 1.24 bits per heavy atom. The van der Waals surface area contributed by atoms with Crippen molar-refractivity contribution >= 4 is 16.5 Å². The van der Waals surface area contributed by atoms with Crippen LogP contribution in [0.2, 0.25) is 0 Å². The predicted molar refractivity (Wildman–Crippen MR) is 86.5 cm³/mol. The Balaban J connectivity index is 1.40. The van der Waals surface area contributed by atoms with Crippen LogP contribution in [-0.2, 0) is 6.54 Å². The van der Waals surface area contributed by atoms with Gasteiger partial charge in [0.25, 0.3) is 0 Å². The van der Waals surface area contributed by atoms with Gasteiger partial charge in [-0.05, 0) is 44.0 Å². The van der Waals surface area contributed by atoms with Gasteiger partial charge in [-0.2, -0.15) is 0 Å². The molecule has 0 amide bonds. The Morgan fingerprint density at radius 2 is 2.00 bits per heavy atom. The quantitative estimate of drug-likeness (QED) is 0.922. The highest BCUT2D eigenvalue weighted by Gasteiger charge is 2.20. The van der Waals surface area contributed by atoms with Gasteiger partial charge >= 0.3 is 0 Å². The molecule has 2 aromatic rings. The van der Waals surface area contributed by atoms with E-state index < -0.39 is 0 Å². The Kier molecular flexibility index (Phi) is 4.72. The summed E-state index contributed by atoms with van der Waals surface area (Å²) in [6, 6.07) is 10.1. The van der Waals surface area contributed by atoms with Gasteiger partial charge in [0, 0.05) is 17.6 Å². The lowest BCUT2D eigenvalue weighted by Crippen LogP contribution is -2.34. The summed E-state index contributed by atoms with van der Waals surface area (Å²) in [6.07, 6.45) is 4.28. The van der Waals surface area contributed by atoms with Crippen molar-refractivity contribution in [2.75, 3.05) is 25.4 Å². The van der Waals surface area contributed by atoms with Crippen molar-refractivity contribution in [1.82, 2.24) is 9.88 Å². The molecule has 3 rings (SSSR count). The topological polar surface area (TPSA) is 51.4 Å². The lowest BCUT2D eigenvalue weighted by atomic mass is 9.98. The summed E-state index contributed by atoms with van der Waals surface area (Å²) in [4.78, 5) is 7.84. The summed E-state index contributed by atoms with van der Waals surface area (Å²) >= 11 is 1.59. The van der Waals surface area contributed by atoms with Crippen LogP contribution in [0.15, 0.2) is 36.5 Å². The molecule has 1 aromatic carbocycles. The highest BCUT2D eigenvalue weighted by Crippen LogP contribution is 2.23. The number of nitrogens with zero attached hydrogens (tertiary/aromatic N) is 2. The first-order valence-corrected chi connectivity index (χ1v) is 8.21. The molecule has 0 radical (unpaired) electrons. The van der Waals surface area contributed by atoms with Crippen LogP contribution in [0.1, 0.15) is 17.7 Å². The van der Waals surface area contributed by atoms with Crippen molar-refractivity contribution in [2.45, 2.75) is 19.4 Å². The maximum atomic E-state index is 5.86. The number of hydrogen-bond donors (Lipinski definition) is 1. The average Bonchev–Trinajstić information content (AvgIpc) is 2.93. The van der Waals surface area contributed by atoms with Gasteiger partial charge in [-0.3, -0.25) is 4.90 Å². The maximum absolute atomic E-state index is 5.86. The van der Waals surface area contributed by atoms with Crippen LogP contribution in [0.3, 0.4) is 0 Å². The molecule has 1 aliphatic heterocycles. The first kappa shape index (κ1) is 14.4. The zero-order valence-corrected chi connectivity index (χ0v) is 12.9. The van der Waals surface area contributed by atoms with Crippen molar-refractivity contribution in [3.05, 3.63) is 41.4 Å². The number of nitrogen functional groups attached to an aromatic ring is 1. The van der Waals surface area contributed by atoms with Crippen LogP contribution >= 0.6 is 11.3 Å². The van der Waals surface area contributed by atoms with Gasteiger partial charge < -0.3 is 10.5 Å². The van der Waals surface area contributed by atoms with Gasteiger partial charge in [-0.15, -0.1) is 11.3 Å². The summed E-state index contributed by atoms with van der Waals surface area (Å²) in [5, 5.41) is 0.663. The Bertz CT molecular complexity index is 550. The predicted octanol–water partition coefficient (Wildman–Crippen LogP) is 3.02. The number of benzene rings is 1. The van der Waals surface area contributed by atoms with Crippen molar-refractivity contribution in [1.29, 1.82) is 0 Å². The molecule has 4 nitrogen and oxygen atoms in total. The lowest BCUT2D eigenvalue weighted by Gasteiger charge is -2.31. The van der Waals surface area contributed by atoms with Crippen molar-refractivity contribution in [3.63, 3.8) is 0 Å². The molecule has 0 saturated carbocycles. The minimum atomic E-state index is 0.660. The number of rotatable bonds is 5. The van der Waals surface area contributed by atoms with Gasteiger partial charge in [-0.1, -0.05) is 18.2 Å². The molecule has 1 fully saturated rings. The number of piperidine rings is 1. The summed E-state index contributed by atoms with van der Waals surface area (Å²) in [5.41, 5.74) is 5.67. The van der Waals surface area contributed by atoms with E-state index in [1.165, 1.54) is 17.7 Å². The fraction of sp³-hybridized carbons (Fsp3) is 0.438. The minimum absolute atomic E-state index is 0.660. The third-order valence-electron chi connectivity index (χ3n) is 3.89. The van der Waals surface area contributed by atoms with Crippen LogP contribution in [0.4, 0.5) is 5.13 Å². The van der Waals surface area contributed by atoms with E-state index in [2.05, 4.69) is 9.88 Å². The fourth-order valence-electron chi connectivity index (χ4n) is 2.66. The third kappa shape index (κ3) is 4.19. The molecule has 0 aliphatic carbocycles. The zero-order chi connectivity index (χ0) is 14.5. The molecule has 2 N–H and O–H groups in total. The third-order valence-corrected chi connectivity index (χ3v) is 4.70. The Hall–Kier alpha value is -1.59. The van der Waals surface area contributed by atoms with E-state index in [9.17, 15) is 0 Å². The summed E-state index contributed by atoms with van der Waals surface area (Å²) in [7, 11) is 0. The van der Waals surface area contributed by atoms with Crippen molar-refractivity contribution in [3.8, 4) is 5.75 Å². The zero-order valence-electron chi connectivity index (χ0n) is 12.1. The molecular weight excluding hydrogens is 282 g/mol. The standard InChI is InChI=1S/C16H21N3OS/c17-16-18-10-15(21-16)11-19-8-6-13(7-9-19)12-20-14-4-2-1-3-5-14/h1-5,10,13H,6-9,11-12H2,(H2,17,18). The van der Waals surface area contributed by atoms with E-state index in [1.54, 1.807) is 11.3 Å². The molecule has 1 saturated heterocycles. The smallest absolute Gasteiger partial charge is 0.180 e. The van der Waals surface area contributed by atoms with Crippen molar-refractivity contribution in [2.24, 2.45) is 5.92 Å². The van der Waals surface area contributed by atoms with Gasteiger partial charge in [0.1, 0.15) is 5.75 Å². The second-order valence-electron chi connectivity index (χ2n) is 5.51. The van der Waals surface area contributed by atoms with E-state index in [-0.39, 0.29) is 0 Å². The molecule has 5 heteroatoms.